The van der Waals surface area contributed by atoms with Crippen molar-refractivity contribution >= 4 is 17.7 Å². The molecule has 0 spiro atoms. The minimum atomic E-state index is -0.0288. The molecule has 0 saturated carbocycles. The first-order valence-electron chi connectivity index (χ1n) is 9.69. The van der Waals surface area contributed by atoms with Gasteiger partial charge in [-0.1, -0.05) is 19.8 Å². The summed E-state index contributed by atoms with van der Waals surface area (Å²) in [6.45, 7) is 5.10. The van der Waals surface area contributed by atoms with Crippen LogP contribution in [0.3, 0.4) is 0 Å². The Morgan fingerprint density at radius 3 is 2.62 bits per heavy atom. The molecule has 1 saturated heterocycles. The second-order valence-corrected chi connectivity index (χ2v) is 7.26. The fraction of sp³-hybridized carbons (Fsp3) is 0.737. The van der Waals surface area contributed by atoms with E-state index in [9.17, 15) is 4.79 Å². The van der Waals surface area contributed by atoms with Gasteiger partial charge in [-0.05, 0) is 39.4 Å². The number of carbonyl (C=O) groups excluding carboxylic acids is 1. The lowest BCUT2D eigenvalue weighted by Gasteiger charge is -2.35. The van der Waals surface area contributed by atoms with Crippen molar-refractivity contribution in [1.82, 2.24) is 19.8 Å². The van der Waals surface area contributed by atoms with E-state index in [1.54, 1.807) is 18.1 Å². The summed E-state index contributed by atoms with van der Waals surface area (Å²) in [5, 5.41) is 3.07. The van der Waals surface area contributed by atoms with Gasteiger partial charge in [0.05, 0.1) is 0 Å². The summed E-state index contributed by atoms with van der Waals surface area (Å²) >= 11 is 0. The Kier molecular flexibility index (Phi) is 7.63. The molecule has 26 heavy (non-hydrogen) atoms. The van der Waals surface area contributed by atoms with Gasteiger partial charge < -0.3 is 20.0 Å². The Bertz CT molecular complexity index is 585. The van der Waals surface area contributed by atoms with Gasteiger partial charge in [-0.2, -0.15) is 4.98 Å². The Labute approximate surface area is 157 Å². The fourth-order valence-corrected chi connectivity index (χ4v) is 3.34. The molecular formula is C19H34N6O. The third-order valence-electron chi connectivity index (χ3n) is 5.24. The molecule has 1 aromatic rings. The van der Waals surface area contributed by atoms with Crippen molar-refractivity contribution in [2.24, 2.45) is 0 Å². The zero-order chi connectivity index (χ0) is 19.1. The summed E-state index contributed by atoms with van der Waals surface area (Å²) < 4.78 is 0. The van der Waals surface area contributed by atoms with E-state index in [1.165, 1.54) is 0 Å². The van der Waals surface area contributed by atoms with Gasteiger partial charge in [-0.15, -0.1) is 0 Å². The summed E-state index contributed by atoms with van der Waals surface area (Å²) in [7, 11) is 7.85. The molecule has 0 atom stereocenters. The minimum absolute atomic E-state index is 0.0288. The Balaban J connectivity index is 2.09. The quantitative estimate of drug-likeness (QED) is 0.716. The Hall–Kier alpha value is -1.89. The van der Waals surface area contributed by atoms with Crippen molar-refractivity contribution in [2.45, 2.75) is 45.1 Å². The predicted molar refractivity (Wildman–Crippen MR) is 107 cm³/mol. The lowest BCUT2D eigenvalue weighted by molar-refractivity contribution is 0.0793. The summed E-state index contributed by atoms with van der Waals surface area (Å²) in [4.78, 5) is 28.1. The van der Waals surface area contributed by atoms with Gasteiger partial charge in [0.25, 0.3) is 5.91 Å². The Morgan fingerprint density at radius 1 is 1.31 bits per heavy atom. The number of anilines is 2. The molecule has 1 amide bonds. The molecule has 7 nitrogen and oxygen atoms in total. The molecular weight excluding hydrogens is 328 g/mol. The number of hydrogen-bond donors (Lipinski definition) is 1. The lowest BCUT2D eigenvalue weighted by atomic mass is 10.0. The molecule has 2 rings (SSSR count). The highest BCUT2D eigenvalue weighted by molar-refractivity contribution is 5.98. The van der Waals surface area contributed by atoms with Crippen LogP contribution in [-0.2, 0) is 0 Å². The first-order chi connectivity index (χ1) is 12.5. The molecule has 1 aliphatic rings. The van der Waals surface area contributed by atoms with Gasteiger partial charge in [0.1, 0.15) is 11.4 Å². The summed E-state index contributed by atoms with van der Waals surface area (Å²) in [6, 6.07) is 0.439. The van der Waals surface area contributed by atoms with E-state index < -0.39 is 0 Å². The minimum Gasteiger partial charge on any atom is -0.372 e. The highest BCUT2D eigenvalue weighted by atomic mass is 16.2. The van der Waals surface area contributed by atoms with Gasteiger partial charge >= 0.3 is 0 Å². The topological polar surface area (TPSA) is 64.6 Å². The molecule has 0 aromatic carbocycles. The van der Waals surface area contributed by atoms with Crippen LogP contribution in [0, 0.1) is 0 Å². The van der Waals surface area contributed by atoms with Crippen LogP contribution < -0.4 is 10.2 Å². The first-order valence-corrected chi connectivity index (χ1v) is 9.69. The molecule has 0 aliphatic carbocycles. The zero-order valence-corrected chi connectivity index (χ0v) is 17.0. The average Bonchev–Trinajstić information content (AvgIpc) is 2.67. The molecule has 0 radical (unpaired) electrons. The molecule has 7 heteroatoms. The standard InChI is InChI=1S/C19H34N6O/c1-6-7-8-11-24(4)18(26)16-14-21-19(22-17(16)20-2)25(5)15-9-12-23(3)13-10-15/h14-15H,6-13H2,1-5H3,(H,20,21,22). The van der Waals surface area contributed by atoms with Gasteiger partial charge in [0, 0.05) is 39.9 Å². The van der Waals surface area contributed by atoms with Gasteiger partial charge in [0.15, 0.2) is 0 Å². The molecule has 146 valence electrons. The van der Waals surface area contributed by atoms with Crippen molar-refractivity contribution in [3.63, 3.8) is 0 Å². The van der Waals surface area contributed by atoms with Crippen molar-refractivity contribution in [3.05, 3.63) is 11.8 Å². The second-order valence-electron chi connectivity index (χ2n) is 7.26. The van der Waals surface area contributed by atoms with Crippen molar-refractivity contribution in [1.29, 1.82) is 0 Å². The highest BCUT2D eigenvalue weighted by Crippen LogP contribution is 2.22. The number of likely N-dealkylation sites (tertiary alicyclic amines) is 1. The predicted octanol–water partition coefficient (Wildman–Crippen LogP) is 2.31. The monoisotopic (exact) mass is 362 g/mol. The molecule has 0 bridgehead atoms. The van der Waals surface area contributed by atoms with Gasteiger partial charge in [-0.25, -0.2) is 4.98 Å². The van der Waals surface area contributed by atoms with E-state index in [2.05, 4.69) is 39.1 Å². The number of rotatable bonds is 8. The summed E-state index contributed by atoms with van der Waals surface area (Å²) in [6.07, 6.45) is 7.17. The van der Waals surface area contributed by atoms with Crippen molar-refractivity contribution < 1.29 is 4.79 Å². The number of piperidine rings is 1. The third kappa shape index (κ3) is 5.06. The number of nitrogens with zero attached hydrogens (tertiary/aromatic N) is 5. The van der Waals surface area contributed by atoms with E-state index in [4.69, 9.17) is 0 Å². The highest BCUT2D eigenvalue weighted by Gasteiger charge is 2.24. The van der Waals surface area contributed by atoms with Crippen LogP contribution in [0.15, 0.2) is 6.20 Å². The summed E-state index contributed by atoms with van der Waals surface area (Å²) in [5.41, 5.74) is 0.534. The largest absolute Gasteiger partial charge is 0.372 e. The molecule has 1 N–H and O–H groups in total. The van der Waals surface area contributed by atoms with Crippen molar-refractivity contribution in [2.75, 3.05) is 58.0 Å². The van der Waals surface area contributed by atoms with Crippen LogP contribution in [0.1, 0.15) is 49.4 Å². The third-order valence-corrected chi connectivity index (χ3v) is 5.24. The van der Waals surface area contributed by atoms with E-state index in [0.29, 0.717) is 23.4 Å². The normalized spacial score (nSPS) is 15.7. The van der Waals surface area contributed by atoms with Crippen LogP contribution in [0.5, 0.6) is 0 Å². The number of nitrogens with one attached hydrogen (secondary N) is 1. The van der Waals surface area contributed by atoms with Crippen LogP contribution >= 0.6 is 0 Å². The number of aromatic nitrogens is 2. The van der Waals surface area contributed by atoms with Crippen LogP contribution in [-0.4, -0.2) is 79.5 Å². The van der Waals surface area contributed by atoms with Gasteiger partial charge in [-0.3, -0.25) is 4.79 Å². The zero-order valence-electron chi connectivity index (χ0n) is 17.0. The molecule has 1 fully saturated rings. The first kappa shape index (κ1) is 20.4. The fourth-order valence-electron chi connectivity index (χ4n) is 3.34. The maximum atomic E-state index is 12.7. The number of hydrogen-bond acceptors (Lipinski definition) is 6. The van der Waals surface area contributed by atoms with E-state index in [1.807, 2.05) is 14.1 Å². The lowest BCUT2D eigenvalue weighted by Crippen LogP contribution is -2.42. The summed E-state index contributed by atoms with van der Waals surface area (Å²) in [5.74, 6) is 1.25. The maximum absolute atomic E-state index is 12.7. The smallest absolute Gasteiger partial charge is 0.258 e. The Morgan fingerprint density at radius 2 is 2.00 bits per heavy atom. The van der Waals surface area contributed by atoms with Crippen LogP contribution in [0.25, 0.3) is 0 Å². The molecule has 2 heterocycles. The molecule has 1 aromatic heterocycles. The van der Waals surface area contributed by atoms with E-state index in [0.717, 1.165) is 51.7 Å². The van der Waals surface area contributed by atoms with Crippen LogP contribution in [0.2, 0.25) is 0 Å². The second kappa shape index (κ2) is 9.71. The number of amides is 1. The maximum Gasteiger partial charge on any atom is 0.258 e. The molecule has 1 aliphatic heterocycles. The van der Waals surface area contributed by atoms with Crippen LogP contribution in [0.4, 0.5) is 11.8 Å². The van der Waals surface area contributed by atoms with Gasteiger partial charge in [0.2, 0.25) is 5.95 Å². The van der Waals surface area contributed by atoms with Crippen molar-refractivity contribution in [3.8, 4) is 0 Å². The molecule has 0 unspecified atom stereocenters. The van der Waals surface area contributed by atoms with E-state index in [-0.39, 0.29) is 5.91 Å². The number of unbranched alkanes of at least 4 members (excludes halogenated alkanes) is 2. The SMILES string of the molecule is CCCCCN(C)C(=O)c1cnc(N(C)C2CCN(C)CC2)nc1NC. The average molecular weight is 363 g/mol. The van der Waals surface area contributed by atoms with E-state index >= 15 is 0 Å². The number of carbonyl (C=O) groups is 1.